The van der Waals surface area contributed by atoms with Crippen molar-refractivity contribution in [2.24, 2.45) is 0 Å². The average Bonchev–Trinajstić information content (AvgIpc) is 2.49. The number of nitrogen functional groups attached to an aromatic ring is 1. The van der Waals surface area contributed by atoms with Gasteiger partial charge in [-0.25, -0.2) is 0 Å². The number of anilines is 1. The number of fused-ring (bicyclic) bond motifs is 1. The van der Waals surface area contributed by atoms with Crippen molar-refractivity contribution in [3.63, 3.8) is 0 Å². The molecule has 4 heteroatoms. The molecule has 0 fully saturated rings. The standard InChI is InChI=1S/C17H14N2O2/c1-11-8-16-15(9-12(11)10-20)17(6-7-19-16)21-14-4-2-13(18)3-5-14/h2-10H,18H2,1H3. The number of carbonyl (C=O) groups is 1. The lowest BCUT2D eigenvalue weighted by atomic mass is 10.1. The number of ether oxygens (including phenoxy) is 1. The molecule has 1 heterocycles. The van der Waals surface area contributed by atoms with Gasteiger partial charge >= 0.3 is 0 Å². The number of aryl methyl sites for hydroxylation is 1. The Morgan fingerprint density at radius 2 is 1.90 bits per heavy atom. The molecule has 0 aliphatic heterocycles. The maximum Gasteiger partial charge on any atom is 0.150 e. The number of carbonyl (C=O) groups excluding carboxylic acids is 1. The van der Waals surface area contributed by atoms with Crippen LogP contribution in [0.25, 0.3) is 10.9 Å². The maximum absolute atomic E-state index is 11.1. The lowest BCUT2D eigenvalue weighted by Crippen LogP contribution is -1.92. The fraction of sp³-hybridized carbons (Fsp3) is 0.0588. The number of aromatic nitrogens is 1. The van der Waals surface area contributed by atoms with Gasteiger partial charge in [0, 0.05) is 22.8 Å². The first-order chi connectivity index (χ1) is 10.2. The summed E-state index contributed by atoms with van der Waals surface area (Å²) in [5.41, 5.74) is 8.67. The van der Waals surface area contributed by atoms with Gasteiger partial charge in [0.1, 0.15) is 17.8 Å². The number of pyridine rings is 1. The highest BCUT2D eigenvalue weighted by molar-refractivity contribution is 5.92. The second-order valence-corrected chi connectivity index (χ2v) is 4.82. The van der Waals surface area contributed by atoms with Crippen LogP contribution in [0.1, 0.15) is 15.9 Å². The Balaban J connectivity index is 2.09. The Labute approximate surface area is 122 Å². The molecule has 0 bridgehead atoms. The molecule has 0 saturated heterocycles. The van der Waals surface area contributed by atoms with Crippen LogP contribution in [0.3, 0.4) is 0 Å². The number of rotatable bonds is 3. The van der Waals surface area contributed by atoms with Crippen molar-refractivity contribution in [3.05, 3.63) is 59.8 Å². The van der Waals surface area contributed by atoms with Crippen molar-refractivity contribution in [1.29, 1.82) is 0 Å². The van der Waals surface area contributed by atoms with E-state index in [-0.39, 0.29) is 0 Å². The molecule has 0 spiro atoms. The molecular weight excluding hydrogens is 264 g/mol. The van der Waals surface area contributed by atoms with Crippen LogP contribution in [0.15, 0.2) is 48.7 Å². The number of nitrogens with two attached hydrogens (primary N) is 1. The van der Waals surface area contributed by atoms with E-state index in [4.69, 9.17) is 10.5 Å². The van der Waals surface area contributed by atoms with Crippen molar-refractivity contribution < 1.29 is 9.53 Å². The topological polar surface area (TPSA) is 65.2 Å². The first-order valence-electron chi connectivity index (χ1n) is 6.55. The largest absolute Gasteiger partial charge is 0.457 e. The van der Waals surface area contributed by atoms with Gasteiger partial charge in [-0.2, -0.15) is 0 Å². The smallest absolute Gasteiger partial charge is 0.150 e. The van der Waals surface area contributed by atoms with Crippen LogP contribution >= 0.6 is 0 Å². The molecule has 0 unspecified atom stereocenters. The first-order valence-corrected chi connectivity index (χ1v) is 6.55. The summed E-state index contributed by atoms with van der Waals surface area (Å²) in [5.74, 6) is 1.35. The number of nitrogens with zero attached hydrogens (tertiary/aromatic N) is 1. The molecule has 104 valence electrons. The monoisotopic (exact) mass is 278 g/mol. The summed E-state index contributed by atoms with van der Waals surface area (Å²) in [5, 5.41) is 0.807. The summed E-state index contributed by atoms with van der Waals surface area (Å²) < 4.78 is 5.87. The Morgan fingerprint density at radius 3 is 2.62 bits per heavy atom. The maximum atomic E-state index is 11.1. The molecule has 1 aromatic heterocycles. The molecule has 2 N–H and O–H groups in total. The van der Waals surface area contributed by atoms with Crippen molar-refractivity contribution in [2.45, 2.75) is 6.92 Å². The van der Waals surface area contributed by atoms with Gasteiger partial charge in [0.2, 0.25) is 0 Å². The zero-order valence-corrected chi connectivity index (χ0v) is 11.5. The van der Waals surface area contributed by atoms with Gasteiger partial charge in [-0.1, -0.05) is 0 Å². The van der Waals surface area contributed by atoms with E-state index in [0.29, 0.717) is 22.7 Å². The second kappa shape index (κ2) is 5.25. The highest BCUT2D eigenvalue weighted by Gasteiger charge is 2.08. The third-order valence-electron chi connectivity index (χ3n) is 3.32. The van der Waals surface area contributed by atoms with Crippen LogP contribution in [-0.2, 0) is 0 Å². The molecule has 0 aliphatic rings. The molecule has 4 nitrogen and oxygen atoms in total. The quantitative estimate of drug-likeness (QED) is 0.585. The van der Waals surface area contributed by atoms with Crippen LogP contribution in [0.4, 0.5) is 5.69 Å². The molecule has 0 amide bonds. The minimum Gasteiger partial charge on any atom is -0.457 e. The highest BCUT2D eigenvalue weighted by atomic mass is 16.5. The Kier molecular flexibility index (Phi) is 3.28. The van der Waals surface area contributed by atoms with E-state index < -0.39 is 0 Å². The third kappa shape index (κ3) is 2.56. The minimum absolute atomic E-state index is 0.637. The SMILES string of the molecule is Cc1cc2nccc(Oc3ccc(N)cc3)c2cc1C=O. The molecule has 0 atom stereocenters. The van der Waals surface area contributed by atoms with Crippen molar-refractivity contribution >= 4 is 22.9 Å². The minimum atomic E-state index is 0.637. The lowest BCUT2D eigenvalue weighted by Gasteiger charge is -2.10. The van der Waals surface area contributed by atoms with Gasteiger partial charge in [0.15, 0.2) is 0 Å². The molecule has 0 aliphatic carbocycles. The molecule has 3 rings (SSSR count). The number of hydrogen-bond donors (Lipinski definition) is 1. The summed E-state index contributed by atoms with van der Waals surface area (Å²) in [6.45, 7) is 1.89. The van der Waals surface area contributed by atoms with Gasteiger partial charge < -0.3 is 10.5 Å². The average molecular weight is 278 g/mol. The number of benzene rings is 2. The van der Waals surface area contributed by atoms with Gasteiger partial charge in [-0.3, -0.25) is 9.78 Å². The fourth-order valence-electron chi connectivity index (χ4n) is 2.17. The molecule has 3 aromatic rings. The van der Waals surface area contributed by atoms with E-state index in [1.54, 1.807) is 42.6 Å². The summed E-state index contributed by atoms with van der Waals surface area (Å²) in [4.78, 5) is 15.4. The van der Waals surface area contributed by atoms with E-state index in [2.05, 4.69) is 4.98 Å². The first kappa shape index (κ1) is 13.1. The summed E-state index contributed by atoms with van der Waals surface area (Å²) in [6, 6.07) is 12.6. The summed E-state index contributed by atoms with van der Waals surface area (Å²) in [6.07, 6.45) is 2.53. The van der Waals surface area contributed by atoms with Crippen LogP contribution in [-0.4, -0.2) is 11.3 Å². The van der Waals surface area contributed by atoms with Crippen molar-refractivity contribution in [1.82, 2.24) is 4.98 Å². The zero-order chi connectivity index (χ0) is 14.8. The number of hydrogen-bond acceptors (Lipinski definition) is 4. The molecule has 2 aromatic carbocycles. The van der Waals surface area contributed by atoms with E-state index in [9.17, 15) is 4.79 Å². The molecule has 0 saturated carbocycles. The van der Waals surface area contributed by atoms with E-state index in [0.717, 1.165) is 22.8 Å². The zero-order valence-electron chi connectivity index (χ0n) is 11.5. The van der Waals surface area contributed by atoms with E-state index >= 15 is 0 Å². The molecule has 21 heavy (non-hydrogen) atoms. The van der Waals surface area contributed by atoms with Crippen LogP contribution in [0, 0.1) is 6.92 Å². The summed E-state index contributed by atoms with van der Waals surface area (Å²) in [7, 11) is 0. The Bertz CT molecular complexity index is 811. The predicted molar refractivity (Wildman–Crippen MR) is 82.8 cm³/mol. The van der Waals surface area contributed by atoms with Crippen LogP contribution in [0.5, 0.6) is 11.5 Å². The molecular formula is C17H14N2O2. The van der Waals surface area contributed by atoms with Gasteiger partial charge in [0.05, 0.1) is 5.52 Å². The lowest BCUT2D eigenvalue weighted by molar-refractivity contribution is 0.112. The predicted octanol–water partition coefficient (Wildman–Crippen LogP) is 3.73. The van der Waals surface area contributed by atoms with Gasteiger partial charge in [-0.15, -0.1) is 0 Å². The third-order valence-corrected chi connectivity index (χ3v) is 3.32. The van der Waals surface area contributed by atoms with Crippen LogP contribution in [0.2, 0.25) is 0 Å². The van der Waals surface area contributed by atoms with E-state index in [1.807, 2.05) is 13.0 Å². The second-order valence-electron chi connectivity index (χ2n) is 4.82. The van der Waals surface area contributed by atoms with Crippen LogP contribution < -0.4 is 10.5 Å². The Hall–Kier alpha value is -2.88. The van der Waals surface area contributed by atoms with Gasteiger partial charge in [0.25, 0.3) is 0 Å². The van der Waals surface area contributed by atoms with Gasteiger partial charge in [-0.05, 0) is 55.0 Å². The highest BCUT2D eigenvalue weighted by Crippen LogP contribution is 2.30. The van der Waals surface area contributed by atoms with Crippen molar-refractivity contribution in [2.75, 3.05) is 5.73 Å². The van der Waals surface area contributed by atoms with E-state index in [1.165, 1.54) is 0 Å². The fourth-order valence-corrected chi connectivity index (χ4v) is 2.17. The molecule has 0 radical (unpaired) electrons. The Morgan fingerprint density at radius 1 is 1.14 bits per heavy atom. The summed E-state index contributed by atoms with van der Waals surface area (Å²) >= 11 is 0. The number of aldehydes is 1. The normalized spacial score (nSPS) is 10.5. The van der Waals surface area contributed by atoms with Crippen molar-refractivity contribution in [3.8, 4) is 11.5 Å².